The second kappa shape index (κ2) is 4.96. The van der Waals surface area contributed by atoms with Crippen molar-refractivity contribution in [3.8, 4) is 5.75 Å². The summed E-state index contributed by atoms with van der Waals surface area (Å²) in [5.74, 6) is -0.309. The number of fused-ring (bicyclic) bond motifs is 1. The molecule has 0 radical (unpaired) electrons. The summed E-state index contributed by atoms with van der Waals surface area (Å²) in [7, 11) is 1.47. The SMILES string of the molecule is COc1ccc(F)cc1C(=O)c1ccc2c(c1)NCC2. The third kappa shape index (κ3) is 2.13. The van der Waals surface area contributed by atoms with Crippen LogP contribution in [0.15, 0.2) is 36.4 Å². The Labute approximate surface area is 116 Å². The summed E-state index contributed by atoms with van der Waals surface area (Å²) in [5, 5.41) is 3.23. The van der Waals surface area contributed by atoms with E-state index in [0.717, 1.165) is 18.7 Å². The lowest BCUT2D eigenvalue weighted by atomic mass is 10.00. The first-order valence-corrected chi connectivity index (χ1v) is 6.44. The number of benzene rings is 2. The van der Waals surface area contributed by atoms with Crippen LogP contribution < -0.4 is 10.1 Å². The Bertz CT molecular complexity index is 682. The first-order valence-electron chi connectivity index (χ1n) is 6.44. The zero-order valence-electron chi connectivity index (χ0n) is 11.1. The van der Waals surface area contributed by atoms with E-state index in [1.54, 1.807) is 6.07 Å². The van der Waals surface area contributed by atoms with Gasteiger partial charge in [0.15, 0.2) is 5.78 Å². The Morgan fingerprint density at radius 1 is 1.25 bits per heavy atom. The molecule has 0 spiro atoms. The maximum atomic E-state index is 13.4. The minimum Gasteiger partial charge on any atom is -0.496 e. The van der Waals surface area contributed by atoms with E-state index in [1.165, 1.54) is 30.9 Å². The molecular formula is C16H14FNO2. The largest absolute Gasteiger partial charge is 0.496 e. The van der Waals surface area contributed by atoms with Gasteiger partial charge in [0.25, 0.3) is 0 Å². The third-order valence-corrected chi connectivity index (χ3v) is 3.49. The molecule has 0 aliphatic carbocycles. The van der Waals surface area contributed by atoms with Gasteiger partial charge in [-0.2, -0.15) is 0 Å². The van der Waals surface area contributed by atoms with Crippen molar-refractivity contribution < 1.29 is 13.9 Å². The van der Waals surface area contributed by atoms with Crippen LogP contribution in [0.3, 0.4) is 0 Å². The van der Waals surface area contributed by atoms with Crippen LogP contribution in [0, 0.1) is 5.82 Å². The maximum Gasteiger partial charge on any atom is 0.196 e. The van der Waals surface area contributed by atoms with Crippen LogP contribution in [-0.2, 0) is 6.42 Å². The number of halogens is 1. The van der Waals surface area contributed by atoms with Gasteiger partial charge < -0.3 is 10.1 Å². The Balaban J connectivity index is 2.02. The molecule has 0 saturated heterocycles. The van der Waals surface area contributed by atoms with Gasteiger partial charge in [-0.25, -0.2) is 4.39 Å². The van der Waals surface area contributed by atoms with E-state index in [1.807, 2.05) is 12.1 Å². The van der Waals surface area contributed by atoms with Crippen LogP contribution in [-0.4, -0.2) is 19.4 Å². The smallest absolute Gasteiger partial charge is 0.196 e. The number of carbonyl (C=O) groups excluding carboxylic acids is 1. The third-order valence-electron chi connectivity index (χ3n) is 3.49. The van der Waals surface area contributed by atoms with Gasteiger partial charge in [-0.1, -0.05) is 12.1 Å². The van der Waals surface area contributed by atoms with Crippen LogP contribution in [0.4, 0.5) is 10.1 Å². The van der Waals surface area contributed by atoms with Gasteiger partial charge in [0.1, 0.15) is 11.6 Å². The molecule has 0 unspecified atom stereocenters. The number of ketones is 1. The summed E-state index contributed by atoms with van der Waals surface area (Å²) in [6.07, 6.45) is 0.965. The van der Waals surface area contributed by atoms with E-state index in [0.29, 0.717) is 11.3 Å². The molecular weight excluding hydrogens is 257 g/mol. The molecule has 2 aromatic rings. The van der Waals surface area contributed by atoms with E-state index in [2.05, 4.69) is 5.32 Å². The van der Waals surface area contributed by atoms with Gasteiger partial charge in [-0.15, -0.1) is 0 Å². The minimum atomic E-state index is -0.451. The van der Waals surface area contributed by atoms with Gasteiger partial charge in [-0.05, 0) is 36.2 Å². The highest BCUT2D eigenvalue weighted by atomic mass is 19.1. The summed E-state index contributed by atoms with van der Waals surface area (Å²) in [6.45, 7) is 0.885. The lowest BCUT2D eigenvalue weighted by Gasteiger charge is -2.09. The highest BCUT2D eigenvalue weighted by Gasteiger charge is 2.18. The molecule has 3 nitrogen and oxygen atoms in total. The fourth-order valence-electron chi connectivity index (χ4n) is 2.45. The molecule has 1 N–H and O–H groups in total. The lowest BCUT2D eigenvalue weighted by Crippen LogP contribution is -2.05. The van der Waals surface area contributed by atoms with Gasteiger partial charge in [0, 0.05) is 17.8 Å². The van der Waals surface area contributed by atoms with Gasteiger partial charge in [0.05, 0.1) is 12.7 Å². The zero-order chi connectivity index (χ0) is 14.1. The number of ether oxygens (including phenoxy) is 1. The molecule has 0 aromatic heterocycles. The lowest BCUT2D eigenvalue weighted by molar-refractivity contribution is 0.103. The number of methoxy groups -OCH3 is 1. The van der Waals surface area contributed by atoms with E-state index in [-0.39, 0.29) is 11.3 Å². The summed E-state index contributed by atoms with van der Waals surface area (Å²) in [4.78, 5) is 12.5. The molecule has 1 heterocycles. The summed E-state index contributed by atoms with van der Waals surface area (Å²) < 4.78 is 18.5. The summed E-state index contributed by atoms with van der Waals surface area (Å²) in [6, 6.07) is 9.48. The fraction of sp³-hybridized carbons (Fsp3) is 0.188. The van der Waals surface area contributed by atoms with E-state index < -0.39 is 5.82 Å². The molecule has 0 fully saturated rings. The average molecular weight is 271 g/mol. The van der Waals surface area contributed by atoms with Gasteiger partial charge >= 0.3 is 0 Å². The zero-order valence-corrected chi connectivity index (χ0v) is 11.1. The molecule has 0 amide bonds. The Kier molecular flexibility index (Phi) is 3.14. The highest BCUT2D eigenvalue weighted by Crippen LogP contribution is 2.27. The van der Waals surface area contributed by atoms with Crippen molar-refractivity contribution >= 4 is 11.5 Å². The fourth-order valence-corrected chi connectivity index (χ4v) is 2.45. The molecule has 20 heavy (non-hydrogen) atoms. The van der Waals surface area contributed by atoms with Crippen molar-refractivity contribution in [2.75, 3.05) is 19.0 Å². The number of hydrogen-bond acceptors (Lipinski definition) is 3. The van der Waals surface area contributed by atoms with Crippen molar-refractivity contribution in [3.05, 3.63) is 58.9 Å². The molecule has 0 saturated carbocycles. The second-order valence-corrected chi connectivity index (χ2v) is 4.72. The molecule has 0 atom stereocenters. The standard InChI is InChI=1S/C16H14FNO2/c1-20-15-5-4-12(17)9-13(15)16(19)11-3-2-10-6-7-18-14(10)8-11/h2-5,8-9,18H,6-7H2,1H3. The van der Waals surface area contributed by atoms with Crippen LogP contribution in [0.5, 0.6) is 5.75 Å². The summed E-state index contributed by atoms with van der Waals surface area (Å²) in [5.41, 5.74) is 2.95. The van der Waals surface area contributed by atoms with E-state index >= 15 is 0 Å². The van der Waals surface area contributed by atoms with Crippen molar-refractivity contribution in [3.63, 3.8) is 0 Å². The monoisotopic (exact) mass is 271 g/mol. The Morgan fingerprint density at radius 2 is 2.10 bits per heavy atom. The van der Waals surface area contributed by atoms with Gasteiger partial charge in [0.2, 0.25) is 0 Å². The molecule has 0 bridgehead atoms. The van der Waals surface area contributed by atoms with Crippen molar-refractivity contribution in [1.29, 1.82) is 0 Å². The predicted molar refractivity (Wildman–Crippen MR) is 75.0 cm³/mol. The number of nitrogens with one attached hydrogen (secondary N) is 1. The molecule has 102 valence electrons. The first kappa shape index (κ1) is 12.7. The molecule has 2 aromatic carbocycles. The van der Waals surface area contributed by atoms with Crippen LogP contribution in [0.1, 0.15) is 21.5 Å². The normalized spacial score (nSPS) is 12.7. The topological polar surface area (TPSA) is 38.3 Å². The Morgan fingerprint density at radius 3 is 2.90 bits per heavy atom. The first-order chi connectivity index (χ1) is 9.69. The number of hydrogen-bond donors (Lipinski definition) is 1. The van der Waals surface area contributed by atoms with Crippen molar-refractivity contribution in [2.24, 2.45) is 0 Å². The number of rotatable bonds is 3. The minimum absolute atomic E-state index is 0.238. The molecule has 1 aliphatic rings. The van der Waals surface area contributed by atoms with Crippen LogP contribution in [0.25, 0.3) is 0 Å². The number of carbonyl (C=O) groups is 1. The van der Waals surface area contributed by atoms with Crippen LogP contribution >= 0.6 is 0 Å². The highest BCUT2D eigenvalue weighted by molar-refractivity contribution is 6.11. The summed E-state index contributed by atoms with van der Waals surface area (Å²) >= 11 is 0. The van der Waals surface area contributed by atoms with E-state index in [9.17, 15) is 9.18 Å². The average Bonchev–Trinajstić information content (AvgIpc) is 2.93. The molecule has 1 aliphatic heterocycles. The number of anilines is 1. The molecule has 4 heteroatoms. The Hall–Kier alpha value is -2.36. The quantitative estimate of drug-likeness (QED) is 0.872. The van der Waals surface area contributed by atoms with Crippen molar-refractivity contribution in [2.45, 2.75) is 6.42 Å². The molecule has 3 rings (SSSR count). The second-order valence-electron chi connectivity index (χ2n) is 4.72. The predicted octanol–water partition coefficient (Wildman–Crippen LogP) is 3.03. The van der Waals surface area contributed by atoms with Crippen LogP contribution in [0.2, 0.25) is 0 Å². The van der Waals surface area contributed by atoms with Crippen molar-refractivity contribution in [1.82, 2.24) is 0 Å². The van der Waals surface area contributed by atoms with Gasteiger partial charge in [-0.3, -0.25) is 4.79 Å². The van der Waals surface area contributed by atoms with E-state index in [4.69, 9.17) is 4.74 Å². The maximum absolute atomic E-state index is 13.4.